The highest BCUT2D eigenvalue weighted by molar-refractivity contribution is 5.78. The van der Waals surface area contributed by atoms with E-state index in [4.69, 9.17) is 4.74 Å². The lowest BCUT2D eigenvalue weighted by Crippen LogP contribution is -2.34. The van der Waals surface area contributed by atoms with E-state index in [0.717, 1.165) is 0 Å². The molecular weight excluding hydrogens is 106 g/mol. The molecule has 1 saturated heterocycles. The first-order chi connectivity index (χ1) is 3.79. The van der Waals surface area contributed by atoms with Crippen LogP contribution in [0.15, 0.2) is 12.3 Å². The Bertz CT molecular complexity index is 102. The Morgan fingerprint density at radius 2 is 2.50 bits per heavy atom. The molecule has 1 aliphatic heterocycles. The first-order valence-electron chi connectivity index (χ1n) is 2.36. The maximum absolute atomic E-state index is 10.3. The van der Waals surface area contributed by atoms with Crippen LogP contribution in [0.2, 0.25) is 0 Å². The van der Waals surface area contributed by atoms with E-state index in [-0.39, 0.29) is 12.5 Å². The molecule has 3 heteroatoms. The van der Waals surface area contributed by atoms with Crippen molar-refractivity contribution in [1.82, 2.24) is 5.32 Å². The van der Waals surface area contributed by atoms with Crippen molar-refractivity contribution in [3.05, 3.63) is 12.3 Å². The predicted octanol–water partition coefficient (Wildman–Crippen LogP) is -0.354. The zero-order chi connectivity index (χ0) is 5.98. The van der Waals surface area contributed by atoms with Crippen molar-refractivity contribution in [2.75, 3.05) is 13.2 Å². The van der Waals surface area contributed by atoms with Gasteiger partial charge < -0.3 is 10.1 Å². The quantitative estimate of drug-likeness (QED) is 0.466. The van der Waals surface area contributed by atoms with E-state index in [0.29, 0.717) is 12.3 Å². The lowest BCUT2D eigenvalue weighted by molar-refractivity contribution is -0.126. The van der Waals surface area contributed by atoms with Crippen molar-refractivity contribution < 1.29 is 9.53 Å². The van der Waals surface area contributed by atoms with Gasteiger partial charge in [0.1, 0.15) is 5.76 Å². The summed E-state index contributed by atoms with van der Waals surface area (Å²) >= 11 is 0. The third-order valence-corrected chi connectivity index (χ3v) is 0.890. The summed E-state index contributed by atoms with van der Waals surface area (Å²) in [6.45, 7) is 4.09. The van der Waals surface area contributed by atoms with Gasteiger partial charge in [-0.15, -0.1) is 0 Å². The fraction of sp³-hybridized carbons (Fsp3) is 0.400. The SMILES string of the molecule is C=C1CNC(=O)CO1. The normalized spacial score (nSPS) is 19.5. The minimum atomic E-state index is -0.0719. The van der Waals surface area contributed by atoms with Gasteiger partial charge in [0.2, 0.25) is 0 Å². The van der Waals surface area contributed by atoms with Crippen molar-refractivity contribution in [3.63, 3.8) is 0 Å². The number of hydrogen-bond acceptors (Lipinski definition) is 2. The number of ether oxygens (including phenoxy) is 1. The molecule has 0 atom stereocenters. The minimum absolute atomic E-state index is 0.0719. The molecule has 3 nitrogen and oxygen atoms in total. The van der Waals surface area contributed by atoms with Gasteiger partial charge in [-0.05, 0) is 0 Å². The molecule has 0 aromatic rings. The second-order valence-electron chi connectivity index (χ2n) is 1.60. The highest BCUT2D eigenvalue weighted by Crippen LogP contribution is 1.94. The van der Waals surface area contributed by atoms with Crippen LogP contribution in [-0.4, -0.2) is 19.1 Å². The van der Waals surface area contributed by atoms with Crippen molar-refractivity contribution in [1.29, 1.82) is 0 Å². The molecule has 0 aromatic heterocycles. The van der Waals surface area contributed by atoms with Crippen molar-refractivity contribution in [2.45, 2.75) is 0 Å². The Morgan fingerprint density at radius 3 is 2.88 bits per heavy atom. The number of morpholine rings is 1. The van der Waals surface area contributed by atoms with Gasteiger partial charge in [-0.2, -0.15) is 0 Å². The van der Waals surface area contributed by atoms with Crippen LogP contribution in [0.1, 0.15) is 0 Å². The maximum Gasteiger partial charge on any atom is 0.258 e. The number of carbonyl (C=O) groups excluding carboxylic acids is 1. The molecule has 0 aromatic carbocycles. The summed E-state index contributed by atoms with van der Waals surface area (Å²) in [6.07, 6.45) is 0. The molecular formula is C5H7NO2. The van der Waals surface area contributed by atoms with Gasteiger partial charge in [0.25, 0.3) is 5.91 Å². The van der Waals surface area contributed by atoms with E-state index in [9.17, 15) is 4.79 Å². The topological polar surface area (TPSA) is 38.3 Å². The Kier molecular flexibility index (Phi) is 1.20. The molecule has 0 bridgehead atoms. The highest BCUT2D eigenvalue weighted by atomic mass is 16.5. The van der Waals surface area contributed by atoms with E-state index in [1.54, 1.807) is 0 Å². The van der Waals surface area contributed by atoms with Gasteiger partial charge in [0.05, 0.1) is 6.54 Å². The Hall–Kier alpha value is -0.990. The van der Waals surface area contributed by atoms with Crippen LogP contribution in [0.4, 0.5) is 0 Å². The van der Waals surface area contributed by atoms with Gasteiger partial charge in [-0.3, -0.25) is 4.79 Å². The highest BCUT2D eigenvalue weighted by Gasteiger charge is 2.08. The Morgan fingerprint density at radius 1 is 1.75 bits per heavy atom. The van der Waals surface area contributed by atoms with E-state index in [2.05, 4.69) is 11.9 Å². The smallest absolute Gasteiger partial charge is 0.258 e. The van der Waals surface area contributed by atoms with Crippen LogP contribution in [-0.2, 0) is 9.53 Å². The summed E-state index contributed by atoms with van der Waals surface area (Å²) in [5.74, 6) is 0.557. The van der Waals surface area contributed by atoms with Crippen LogP contribution >= 0.6 is 0 Å². The van der Waals surface area contributed by atoms with Crippen molar-refractivity contribution in [3.8, 4) is 0 Å². The van der Waals surface area contributed by atoms with E-state index >= 15 is 0 Å². The van der Waals surface area contributed by atoms with Crippen LogP contribution in [0.5, 0.6) is 0 Å². The van der Waals surface area contributed by atoms with Crippen LogP contribution in [0.25, 0.3) is 0 Å². The number of nitrogens with one attached hydrogen (secondary N) is 1. The number of rotatable bonds is 0. The Labute approximate surface area is 47.3 Å². The number of amides is 1. The minimum Gasteiger partial charge on any atom is -0.487 e. The summed E-state index contributed by atoms with van der Waals surface area (Å²) in [5, 5.41) is 2.57. The second-order valence-corrected chi connectivity index (χ2v) is 1.60. The molecule has 0 saturated carbocycles. The summed E-state index contributed by atoms with van der Waals surface area (Å²) in [6, 6.07) is 0. The molecule has 44 valence electrons. The second kappa shape index (κ2) is 1.86. The molecule has 1 aliphatic rings. The fourth-order valence-electron chi connectivity index (χ4n) is 0.467. The summed E-state index contributed by atoms with van der Waals surface area (Å²) < 4.78 is 4.78. The third kappa shape index (κ3) is 0.992. The first-order valence-corrected chi connectivity index (χ1v) is 2.36. The molecule has 0 radical (unpaired) electrons. The molecule has 1 heterocycles. The van der Waals surface area contributed by atoms with E-state index < -0.39 is 0 Å². The molecule has 1 rings (SSSR count). The monoisotopic (exact) mass is 113 g/mol. The van der Waals surface area contributed by atoms with Crippen molar-refractivity contribution in [2.24, 2.45) is 0 Å². The largest absolute Gasteiger partial charge is 0.487 e. The zero-order valence-corrected chi connectivity index (χ0v) is 4.44. The molecule has 0 spiro atoms. The van der Waals surface area contributed by atoms with E-state index in [1.807, 2.05) is 0 Å². The van der Waals surface area contributed by atoms with Crippen LogP contribution in [0, 0.1) is 0 Å². The van der Waals surface area contributed by atoms with Gasteiger partial charge in [0.15, 0.2) is 6.61 Å². The van der Waals surface area contributed by atoms with Crippen LogP contribution in [0.3, 0.4) is 0 Å². The summed E-state index contributed by atoms with van der Waals surface area (Å²) in [7, 11) is 0. The summed E-state index contributed by atoms with van der Waals surface area (Å²) in [5.41, 5.74) is 0. The maximum atomic E-state index is 10.3. The average Bonchev–Trinajstić information content (AvgIpc) is 1.77. The van der Waals surface area contributed by atoms with Gasteiger partial charge in [0, 0.05) is 0 Å². The molecule has 1 fully saturated rings. The van der Waals surface area contributed by atoms with Gasteiger partial charge in [-0.1, -0.05) is 6.58 Å². The molecule has 8 heavy (non-hydrogen) atoms. The van der Waals surface area contributed by atoms with E-state index in [1.165, 1.54) is 0 Å². The molecule has 0 aliphatic carbocycles. The fourth-order valence-corrected chi connectivity index (χ4v) is 0.467. The third-order valence-electron chi connectivity index (χ3n) is 0.890. The molecule has 1 N–H and O–H groups in total. The Balaban J connectivity index is 2.40. The lowest BCUT2D eigenvalue weighted by atomic mass is 10.4. The standard InChI is InChI=1S/C5H7NO2/c1-4-2-6-5(7)3-8-4/h1-3H2,(H,6,7). The summed E-state index contributed by atoms with van der Waals surface area (Å²) in [4.78, 5) is 10.3. The van der Waals surface area contributed by atoms with Crippen molar-refractivity contribution >= 4 is 5.91 Å². The zero-order valence-electron chi connectivity index (χ0n) is 4.44. The number of carbonyl (C=O) groups is 1. The lowest BCUT2D eigenvalue weighted by Gasteiger charge is -2.14. The van der Waals surface area contributed by atoms with Crippen LogP contribution < -0.4 is 5.32 Å². The number of hydrogen-bond donors (Lipinski definition) is 1. The van der Waals surface area contributed by atoms with Gasteiger partial charge in [-0.25, -0.2) is 0 Å². The average molecular weight is 113 g/mol. The molecule has 0 unspecified atom stereocenters. The molecule has 1 amide bonds. The van der Waals surface area contributed by atoms with Gasteiger partial charge >= 0.3 is 0 Å². The predicted molar refractivity (Wildman–Crippen MR) is 28.1 cm³/mol. The first kappa shape index (κ1) is 5.15.